The van der Waals surface area contributed by atoms with E-state index in [4.69, 9.17) is 10.5 Å². The average molecular weight is 497 g/mol. The van der Waals surface area contributed by atoms with Crippen LogP contribution < -0.4 is 15.8 Å². The van der Waals surface area contributed by atoms with Crippen LogP contribution in [0.2, 0.25) is 0 Å². The lowest BCUT2D eigenvalue weighted by atomic mass is 10.1. The van der Waals surface area contributed by atoms with Crippen molar-refractivity contribution < 1.29 is 28.5 Å². The fourth-order valence-corrected chi connectivity index (χ4v) is 5.16. The van der Waals surface area contributed by atoms with Gasteiger partial charge in [0.2, 0.25) is 5.91 Å². The zero-order valence-corrected chi connectivity index (χ0v) is 20.9. The molecular formula is C23H36N4O6S. The molecule has 2 fully saturated rings. The number of nitrogens with zero attached hydrogens (tertiary/aromatic N) is 1. The predicted molar refractivity (Wildman–Crippen MR) is 126 cm³/mol. The first-order valence-corrected chi connectivity index (χ1v) is 13.1. The van der Waals surface area contributed by atoms with Crippen LogP contribution in [0.4, 0.5) is 4.79 Å². The molecule has 4 N–H and O–H groups in total. The Labute approximate surface area is 203 Å². The van der Waals surface area contributed by atoms with Crippen LogP contribution in [0.15, 0.2) is 12.2 Å². The maximum Gasteiger partial charge on any atom is 0.405 e. The van der Waals surface area contributed by atoms with Gasteiger partial charge in [0.1, 0.15) is 16.3 Å². The van der Waals surface area contributed by atoms with Gasteiger partial charge in [0.15, 0.2) is 6.10 Å². The van der Waals surface area contributed by atoms with Gasteiger partial charge in [0.25, 0.3) is 11.8 Å². The molecule has 1 saturated carbocycles. The highest BCUT2D eigenvalue weighted by Crippen LogP contribution is 2.45. The van der Waals surface area contributed by atoms with Crippen molar-refractivity contribution in [1.29, 1.82) is 0 Å². The normalized spacial score (nSPS) is 32.2. The van der Waals surface area contributed by atoms with Crippen molar-refractivity contribution in [3.63, 3.8) is 0 Å². The van der Waals surface area contributed by atoms with E-state index >= 15 is 0 Å². The molecule has 0 radical (unpaired) electrons. The Morgan fingerprint density at radius 3 is 2.65 bits per heavy atom. The van der Waals surface area contributed by atoms with E-state index in [-0.39, 0.29) is 5.92 Å². The Morgan fingerprint density at radius 1 is 1.24 bits per heavy atom. The number of carbonyl (C=O) groups is 4. The maximum atomic E-state index is 13.3. The summed E-state index contributed by atoms with van der Waals surface area (Å²) in [5, 5.41) is 2.88. The fraction of sp³-hybridized carbons (Fsp3) is 0.739. The molecule has 11 heteroatoms. The highest BCUT2D eigenvalue weighted by Gasteiger charge is 2.62. The molecule has 190 valence electrons. The zero-order chi connectivity index (χ0) is 25.1. The SMILES string of the molecule is CC(C)(C)[S+]([O-])NC(=O)C12CC1/C=C\CCCCCC(OC(N)=O)C(=O)N1CCCC1C(=O)N2. The van der Waals surface area contributed by atoms with Gasteiger partial charge in [-0.2, -0.15) is 4.72 Å². The summed E-state index contributed by atoms with van der Waals surface area (Å²) in [7, 11) is 0. The van der Waals surface area contributed by atoms with Crippen LogP contribution in [-0.2, 0) is 30.5 Å². The van der Waals surface area contributed by atoms with E-state index in [1.165, 1.54) is 4.90 Å². The molecule has 0 bridgehead atoms. The number of amides is 4. The van der Waals surface area contributed by atoms with Gasteiger partial charge >= 0.3 is 6.09 Å². The van der Waals surface area contributed by atoms with Crippen molar-refractivity contribution in [3.05, 3.63) is 12.2 Å². The Balaban J connectivity index is 1.84. The lowest BCUT2D eigenvalue weighted by molar-refractivity contribution is -0.146. The van der Waals surface area contributed by atoms with Crippen LogP contribution in [0, 0.1) is 5.92 Å². The third-order valence-corrected chi connectivity index (χ3v) is 8.07. The lowest BCUT2D eigenvalue weighted by Crippen LogP contribution is -2.58. The lowest BCUT2D eigenvalue weighted by Gasteiger charge is -2.30. The Morgan fingerprint density at radius 2 is 1.97 bits per heavy atom. The second kappa shape index (κ2) is 10.6. The van der Waals surface area contributed by atoms with Crippen LogP contribution in [0.3, 0.4) is 0 Å². The zero-order valence-electron chi connectivity index (χ0n) is 20.1. The van der Waals surface area contributed by atoms with Crippen molar-refractivity contribution in [1.82, 2.24) is 14.9 Å². The third-order valence-electron chi connectivity index (χ3n) is 6.59. The molecule has 3 rings (SSSR count). The number of rotatable bonds is 3. The molecule has 0 aromatic carbocycles. The molecule has 0 spiro atoms. The maximum absolute atomic E-state index is 13.3. The summed E-state index contributed by atoms with van der Waals surface area (Å²) in [6.45, 7) is 5.62. The third kappa shape index (κ3) is 6.04. The summed E-state index contributed by atoms with van der Waals surface area (Å²) in [5.74, 6) is -1.58. The number of hydrogen-bond donors (Lipinski definition) is 3. The van der Waals surface area contributed by atoms with E-state index in [1.54, 1.807) is 20.8 Å². The van der Waals surface area contributed by atoms with Crippen LogP contribution in [0.1, 0.15) is 72.1 Å². The minimum absolute atomic E-state index is 0.213. The van der Waals surface area contributed by atoms with Gasteiger partial charge in [-0.05, 0) is 65.7 Å². The van der Waals surface area contributed by atoms with Gasteiger partial charge < -0.3 is 25.2 Å². The van der Waals surface area contributed by atoms with Crippen molar-refractivity contribution >= 4 is 35.2 Å². The molecule has 2 aliphatic heterocycles. The summed E-state index contributed by atoms with van der Waals surface area (Å²) in [4.78, 5) is 52.5. The summed E-state index contributed by atoms with van der Waals surface area (Å²) in [6, 6.07) is -0.778. The summed E-state index contributed by atoms with van der Waals surface area (Å²) in [6.07, 6.45) is 6.82. The van der Waals surface area contributed by atoms with Crippen LogP contribution in [0.5, 0.6) is 0 Å². The smallest absolute Gasteiger partial charge is 0.405 e. The monoisotopic (exact) mass is 496 g/mol. The minimum Gasteiger partial charge on any atom is -0.593 e. The quantitative estimate of drug-likeness (QED) is 0.397. The molecule has 10 nitrogen and oxygen atoms in total. The number of carbonyl (C=O) groups excluding carboxylic acids is 4. The molecule has 3 aliphatic rings. The number of ether oxygens (including phenoxy) is 1. The van der Waals surface area contributed by atoms with E-state index < -0.39 is 57.6 Å². The Kier molecular flexibility index (Phi) is 8.18. The van der Waals surface area contributed by atoms with Crippen LogP contribution in [0.25, 0.3) is 0 Å². The number of hydrogen-bond acceptors (Lipinski definition) is 6. The van der Waals surface area contributed by atoms with E-state index in [2.05, 4.69) is 10.0 Å². The number of fused-ring (bicyclic) bond motifs is 2. The number of primary amides is 1. The average Bonchev–Trinajstić information content (AvgIpc) is 3.21. The number of allylic oxidation sites excluding steroid dienone is 1. The van der Waals surface area contributed by atoms with Crippen molar-refractivity contribution in [2.24, 2.45) is 11.7 Å². The van der Waals surface area contributed by atoms with E-state index in [9.17, 15) is 23.7 Å². The summed E-state index contributed by atoms with van der Waals surface area (Å²) >= 11 is -1.63. The van der Waals surface area contributed by atoms with Gasteiger partial charge in [-0.3, -0.25) is 14.4 Å². The molecule has 1 saturated heterocycles. The molecule has 4 amide bonds. The molecule has 0 aromatic heterocycles. The molecule has 2 heterocycles. The molecule has 5 unspecified atom stereocenters. The van der Waals surface area contributed by atoms with E-state index in [0.29, 0.717) is 38.6 Å². The number of nitrogens with two attached hydrogens (primary N) is 1. The van der Waals surface area contributed by atoms with Gasteiger partial charge in [-0.1, -0.05) is 18.6 Å². The van der Waals surface area contributed by atoms with Gasteiger partial charge in [0, 0.05) is 12.5 Å². The van der Waals surface area contributed by atoms with Crippen molar-refractivity contribution in [2.45, 2.75) is 94.6 Å². The van der Waals surface area contributed by atoms with Crippen LogP contribution >= 0.6 is 0 Å². The van der Waals surface area contributed by atoms with E-state index in [1.807, 2.05) is 12.2 Å². The van der Waals surface area contributed by atoms with Crippen molar-refractivity contribution in [3.8, 4) is 0 Å². The van der Waals surface area contributed by atoms with Crippen molar-refractivity contribution in [2.75, 3.05) is 6.54 Å². The molecular weight excluding hydrogens is 460 g/mol. The molecule has 5 atom stereocenters. The van der Waals surface area contributed by atoms with Gasteiger partial charge in [-0.15, -0.1) is 0 Å². The second-order valence-electron chi connectivity index (χ2n) is 10.3. The Hall–Kier alpha value is -2.27. The second-order valence-corrected chi connectivity index (χ2v) is 12.2. The van der Waals surface area contributed by atoms with Gasteiger partial charge in [0.05, 0.1) is 11.4 Å². The minimum atomic E-state index is -1.63. The standard InChI is InChI=1S/C23H36N4O6S/c1-22(2,3)34(32)26-20(30)23-14-15(23)10-7-5-4-6-8-12-17(33-21(24)31)19(29)27-13-9-11-16(27)18(28)25-23/h7,10,15-17H,4-6,8-9,11-14H2,1-3H3,(H2,24,31)(H,25,28)(H,26,30)/b10-7-. The van der Waals surface area contributed by atoms with Crippen LogP contribution in [-0.4, -0.2) is 62.2 Å². The molecule has 1 aliphatic carbocycles. The summed E-state index contributed by atoms with van der Waals surface area (Å²) in [5.41, 5.74) is 3.99. The highest BCUT2D eigenvalue weighted by molar-refractivity contribution is 7.91. The Bertz CT molecular complexity index is 844. The molecule has 34 heavy (non-hydrogen) atoms. The first-order valence-electron chi connectivity index (χ1n) is 11.9. The number of nitrogens with one attached hydrogen (secondary N) is 2. The topological polar surface area (TPSA) is 154 Å². The first kappa shape index (κ1) is 26.3. The largest absolute Gasteiger partial charge is 0.593 e. The van der Waals surface area contributed by atoms with Gasteiger partial charge in [-0.25, -0.2) is 4.79 Å². The van der Waals surface area contributed by atoms with E-state index in [0.717, 1.165) is 19.3 Å². The predicted octanol–water partition coefficient (Wildman–Crippen LogP) is 1.41. The highest BCUT2D eigenvalue weighted by atomic mass is 32.2. The fourth-order valence-electron chi connectivity index (χ4n) is 4.50. The first-order chi connectivity index (χ1) is 16.0. The summed E-state index contributed by atoms with van der Waals surface area (Å²) < 4.78 is 19.6. The molecule has 0 aromatic rings.